The molecule has 0 fully saturated rings. The second-order valence-corrected chi connectivity index (χ2v) is 22.5. The van der Waals surface area contributed by atoms with Gasteiger partial charge in [-0.15, -0.1) is 0 Å². The lowest BCUT2D eigenvalue weighted by Gasteiger charge is -2.15. The van der Waals surface area contributed by atoms with Crippen molar-refractivity contribution in [1.29, 1.82) is 0 Å². The molecule has 0 aliphatic carbocycles. The minimum absolute atomic E-state index is 0.0800. The third-order valence-corrected chi connectivity index (χ3v) is 14.8. The molecule has 0 saturated heterocycles. The van der Waals surface area contributed by atoms with Gasteiger partial charge in [-0.2, -0.15) is 0 Å². The molecule has 0 aliphatic rings. The summed E-state index contributed by atoms with van der Waals surface area (Å²) >= 11 is 0. The fourth-order valence-electron chi connectivity index (χ4n) is 9.70. The van der Waals surface area contributed by atoms with E-state index in [0.717, 1.165) is 116 Å². The quantitative estimate of drug-likeness (QED) is 0.0373. The summed E-state index contributed by atoms with van der Waals surface area (Å²) in [4.78, 5) is 24.6. The summed E-state index contributed by atoms with van der Waals surface area (Å²) in [6.45, 7) is 4.04. The number of esters is 2. The summed E-state index contributed by atoms with van der Waals surface area (Å²) in [5.74, 6) is -0.614. The number of aliphatic hydroxyl groups is 1. The molecule has 0 amide bonds. The Morgan fingerprint density at radius 3 is 0.812 bits per heavy atom. The molecule has 5 heteroatoms. The van der Waals surface area contributed by atoms with Crippen LogP contribution in [0.5, 0.6) is 0 Å². The van der Waals surface area contributed by atoms with Gasteiger partial charge in [-0.05, 0) is 89.9 Å². The first kappa shape index (κ1) is 76.3. The van der Waals surface area contributed by atoms with E-state index in [-0.39, 0.29) is 25.2 Å². The van der Waals surface area contributed by atoms with E-state index in [1.165, 1.54) is 180 Å². The van der Waals surface area contributed by atoms with Crippen LogP contribution in [0.1, 0.15) is 322 Å². The SMILES string of the molecule is CC/C=C\C/C=C\C/C=C\C/C=C\C/C=C\C/C=C\C/C=C\C/C=C\C/C=C\C/C=C\CCCCCCC(=O)OC(CO)COC(=O)CCCCCCCCCCCCCCCCCCCCCCCCCCCCCCCCC. The predicted molar refractivity (Wildman–Crippen MR) is 352 cm³/mol. The Labute approximate surface area is 496 Å². The van der Waals surface area contributed by atoms with E-state index in [2.05, 4.69) is 135 Å². The zero-order valence-electron chi connectivity index (χ0n) is 52.6. The maximum atomic E-state index is 12.3. The van der Waals surface area contributed by atoms with E-state index in [1.54, 1.807) is 0 Å². The van der Waals surface area contributed by atoms with Crippen LogP contribution in [-0.4, -0.2) is 36.4 Å². The Morgan fingerprint density at radius 2 is 0.537 bits per heavy atom. The highest BCUT2D eigenvalue weighted by Crippen LogP contribution is 2.18. The molecule has 0 aliphatic heterocycles. The Bertz CT molecular complexity index is 1590. The number of rotatable bonds is 62. The van der Waals surface area contributed by atoms with Crippen LogP contribution < -0.4 is 0 Å². The van der Waals surface area contributed by atoms with Crippen LogP contribution >= 0.6 is 0 Å². The number of allylic oxidation sites excluding steroid dienone is 20. The molecule has 0 bridgehead atoms. The Morgan fingerprint density at radius 1 is 0.300 bits per heavy atom. The van der Waals surface area contributed by atoms with Crippen LogP contribution in [0.4, 0.5) is 0 Å². The molecular weight excluding hydrogens is 981 g/mol. The smallest absolute Gasteiger partial charge is 0.306 e. The van der Waals surface area contributed by atoms with Gasteiger partial charge in [0, 0.05) is 12.8 Å². The molecule has 80 heavy (non-hydrogen) atoms. The molecule has 0 rings (SSSR count). The molecule has 458 valence electrons. The minimum Gasteiger partial charge on any atom is -0.462 e. The van der Waals surface area contributed by atoms with Gasteiger partial charge in [0.1, 0.15) is 6.61 Å². The lowest BCUT2D eigenvalue weighted by Crippen LogP contribution is -2.28. The average molecular weight is 1110 g/mol. The molecule has 0 aromatic heterocycles. The standard InChI is InChI=1S/C75H128O5/c1-3-5-7-9-11-13-15-17-19-21-23-25-27-29-31-33-35-36-37-38-40-42-44-46-48-50-52-54-56-58-60-62-64-66-68-70-75(78)80-73(71-76)72-79-74(77)69-67-65-63-61-59-57-55-53-51-49-47-45-43-41-39-34-32-30-28-26-24-22-20-18-16-14-12-10-8-6-4-2/h5,7,11,13,17,19,23,25,29,31,35-36,38,40,44,46,50,52,56,58,73,76H,3-4,6,8-10,12,14-16,18,20-22,24,26-28,30,32-34,37,39,41-43,45,47-49,51,53-55,57,59-72H2,1-2H3/b7-5-,13-11-,19-17-,25-23-,31-29-,36-35-,40-38-,46-44-,52-50-,58-56-. The summed E-state index contributed by atoms with van der Waals surface area (Å²) in [6.07, 6.45) is 102. The van der Waals surface area contributed by atoms with Crippen molar-refractivity contribution in [2.75, 3.05) is 13.2 Å². The predicted octanol–water partition coefficient (Wildman–Crippen LogP) is 23.8. The van der Waals surface area contributed by atoms with Crippen LogP contribution in [0, 0.1) is 0 Å². The number of hydrogen-bond acceptors (Lipinski definition) is 5. The number of unbranched alkanes of at least 4 members (excludes halogenated alkanes) is 34. The van der Waals surface area contributed by atoms with Crippen LogP contribution in [-0.2, 0) is 19.1 Å². The number of aliphatic hydroxyl groups excluding tert-OH is 1. The van der Waals surface area contributed by atoms with Gasteiger partial charge in [0.2, 0.25) is 0 Å². The fourth-order valence-corrected chi connectivity index (χ4v) is 9.70. The van der Waals surface area contributed by atoms with E-state index in [4.69, 9.17) is 9.47 Å². The van der Waals surface area contributed by atoms with E-state index in [0.29, 0.717) is 12.8 Å². The third kappa shape index (κ3) is 66.8. The van der Waals surface area contributed by atoms with Crippen molar-refractivity contribution in [1.82, 2.24) is 0 Å². The lowest BCUT2D eigenvalue weighted by atomic mass is 10.0. The molecule has 1 N–H and O–H groups in total. The van der Waals surface area contributed by atoms with E-state index in [9.17, 15) is 14.7 Å². The zero-order valence-corrected chi connectivity index (χ0v) is 52.6. The third-order valence-electron chi connectivity index (χ3n) is 14.8. The van der Waals surface area contributed by atoms with Gasteiger partial charge in [0.15, 0.2) is 6.10 Å². The minimum atomic E-state index is -0.794. The Kier molecular flexibility index (Phi) is 66.4. The molecule has 0 spiro atoms. The summed E-state index contributed by atoms with van der Waals surface area (Å²) in [5.41, 5.74) is 0. The molecule has 0 heterocycles. The van der Waals surface area contributed by atoms with E-state index in [1.807, 2.05) is 0 Å². The van der Waals surface area contributed by atoms with Crippen molar-refractivity contribution in [3.8, 4) is 0 Å². The van der Waals surface area contributed by atoms with Gasteiger partial charge in [-0.3, -0.25) is 9.59 Å². The molecule has 1 unspecified atom stereocenters. The van der Waals surface area contributed by atoms with Crippen LogP contribution in [0.15, 0.2) is 122 Å². The topological polar surface area (TPSA) is 72.8 Å². The summed E-state index contributed by atoms with van der Waals surface area (Å²) in [7, 11) is 0. The van der Waals surface area contributed by atoms with Gasteiger partial charge in [-0.25, -0.2) is 0 Å². The van der Waals surface area contributed by atoms with Gasteiger partial charge in [-0.1, -0.05) is 341 Å². The number of carbonyl (C=O) groups excluding carboxylic acids is 2. The highest BCUT2D eigenvalue weighted by molar-refractivity contribution is 5.70. The number of hydrogen-bond donors (Lipinski definition) is 1. The largest absolute Gasteiger partial charge is 0.462 e. The van der Waals surface area contributed by atoms with Gasteiger partial charge < -0.3 is 14.6 Å². The molecule has 0 aromatic carbocycles. The van der Waals surface area contributed by atoms with Gasteiger partial charge in [0.25, 0.3) is 0 Å². The van der Waals surface area contributed by atoms with Crippen molar-refractivity contribution >= 4 is 11.9 Å². The van der Waals surface area contributed by atoms with E-state index < -0.39 is 6.10 Å². The molecule has 0 aromatic rings. The fraction of sp³-hybridized carbons (Fsp3) is 0.707. The molecule has 5 nitrogen and oxygen atoms in total. The maximum Gasteiger partial charge on any atom is 0.306 e. The normalized spacial score (nSPS) is 13.0. The zero-order chi connectivity index (χ0) is 57.6. The van der Waals surface area contributed by atoms with Gasteiger partial charge >= 0.3 is 11.9 Å². The lowest BCUT2D eigenvalue weighted by molar-refractivity contribution is -0.161. The van der Waals surface area contributed by atoms with Crippen molar-refractivity contribution < 1.29 is 24.2 Å². The first-order chi connectivity index (χ1) is 39.6. The summed E-state index contributed by atoms with van der Waals surface area (Å²) < 4.78 is 10.7. The second kappa shape index (κ2) is 69.6. The first-order valence-electron chi connectivity index (χ1n) is 34.1. The second-order valence-electron chi connectivity index (χ2n) is 22.5. The Hall–Kier alpha value is -3.70. The van der Waals surface area contributed by atoms with Crippen LogP contribution in [0.25, 0.3) is 0 Å². The monoisotopic (exact) mass is 1110 g/mol. The maximum absolute atomic E-state index is 12.3. The number of carbonyl (C=O) groups is 2. The van der Waals surface area contributed by atoms with Crippen molar-refractivity contribution in [3.63, 3.8) is 0 Å². The van der Waals surface area contributed by atoms with Crippen molar-refractivity contribution in [2.45, 2.75) is 328 Å². The number of ether oxygens (including phenoxy) is 2. The van der Waals surface area contributed by atoms with Gasteiger partial charge in [0.05, 0.1) is 6.61 Å². The average Bonchev–Trinajstić information content (AvgIpc) is 3.46. The summed E-state index contributed by atoms with van der Waals surface area (Å²) in [6, 6.07) is 0. The molecule has 0 saturated carbocycles. The van der Waals surface area contributed by atoms with E-state index >= 15 is 0 Å². The van der Waals surface area contributed by atoms with Crippen LogP contribution in [0.2, 0.25) is 0 Å². The highest BCUT2D eigenvalue weighted by Gasteiger charge is 2.16. The molecular formula is C75H128O5. The van der Waals surface area contributed by atoms with Crippen molar-refractivity contribution in [2.24, 2.45) is 0 Å². The van der Waals surface area contributed by atoms with Crippen LogP contribution in [0.3, 0.4) is 0 Å². The first-order valence-corrected chi connectivity index (χ1v) is 34.1. The molecule has 1 atom stereocenters. The Balaban J connectivity index is 3.55. The highest BCUT2D eigenvalue weighted by atomic mass is 16.6. The summed E-state index contributed by atoms with van der Waals surface area (Å²) in [5, 5.41) is 9.69. The van der Waals surface area contributed by atoms with Crippen molar-refractivity contribution in [3.05, 3.63) is 122 Å². The molecule has 0 radical (unpaired) electrons.